The molecule has 0 spiro atoms. The molecule has 0 atom stereocenters. The largest absolute Gasteiger partial charge is 0.255 e. The maximum atomic E-state index is 5.03. The Morgan fingerprint density at radius 3 is 1.71 bits per heavy atom. The summed E-state index contributed by atoms with van der Waals surface area (Å²) in [4.78, 5) is 19.3. The van der Waals surface area contributed by atoms with Crippen LogP contribution in [0.5, 0.6) is 0 Å². The quantitative estimate of drug-likeness (QED) is 0.0910. The maximum Gasteiger partial charge on any atom is 0.165 e. The number of aromatic nitrogens is 4. The van der Waals surface area contributed by atoms with Crippen molar-refractivity contribution in [1.29, 1.82) is 0 Å². The smallest absolute Gasteiger partial charge is 0.165 e. The van der Waals surface area contributed by atoms with Gasteiger partial charge < -0.3 is 0 Å². The molecule has 3 aromatic carbocycles. The van der Waals surface area contributed by atoms with Gasteiger partial charge in [0.2, 0.25) is 0 Å². The fourth-order valence-corrected chi connectivity index (χ4v) is 8.25. The fraction of sp³-hybridized carbons (Fsp3) is 0.458. The van der Waals surface area contributed by atoms with E-state index in [1.807, 2.05) is 13.1 Å². The molecule has 0 saturated carbocycles. The molecule has 4 heteroatoms. The van der Waals surface area contributed by atoms with Gasteiger partial charge in [-0.2, -0.15) is 0 Å². The third-order valence-electron chi connectivity index (χ3n) is 11.3. The minimum absolute atomic E-state index is 0.0568. The Hall–Kier alpha value is -4.18. The van der Waals surface area contributed by atoms with E-state index < -0.39 is 0 Å². The maximum absolute atomic E-state index is 5.03. The lowest BCUT2D eigenvalue weighted by Crippen LogP contribution is -2.25. The highest BCUT2D eigenvalue weighted by atomic mass is 15.0. The van der Waals surface area contributed by atoms with Crippen molar-refractivity contribution in [2.24, 2.45) is 0 Å². The number of fused-ring (bicyclic) bond motifs is 3. The summed E-state index contributed by atoms with van der Waals surface area (Å²) in [6.45, 7) is 13.2. The Kier molecular flexibility index (Phi) is 12.4. The van der Waals surface area contributed by atoms with Gasteiger partial charge in [-0.1, -0.05) is 172 Å². The van der Waals surface area contributed by atoms with E-state index in [1.54, 1.807) is 5.56 Å². The number of pyridine rings is 1. The molecule has 5 aromatic rings. The van der Waals surface area contributed by atoms with Gasteiger partial charge in [-0.05, 0) is 71.2 Å². The van der Waals surface area contributed by atoms with Crippen LogP contribution in [-0.2, 0) is 10.8 Å². The summed E-state index contributed by atoms with van der Waals surface area (Å²) in [6, 6.07) is 29.2. The molecular weight excluding hydrogens is 633 g/mol. The highest BCUT2D eigenvalue weighted by Gasteiger charge is 2.42. The van der Waals surface area contributed by atoms with Crippen molar-refractivity contribution in [1.82, 2.24) is 19.9 Å². The number of benzene rings is 3. The van der Waals surface area contributed by atoms with Gasteiger partial charge in [0.05, 0.1) is 5.69 Å². The van der Waals surface area contributed by atoms with Crippen LogP contribution >= 0.6 is 0 Å². The van der Waals surface area contributed by atoms with Gasteiger partial charge in [-0.25, -0.2) is 15.0 Å². The first-order chi connectivity index (χ1) is 25.2. The van der Waals surface area contributed by atoms with Crippen LogP contribution in [0.25, 0.3) is 45.2 Å². The average molecular weight is 693 g/mol. The van der Waals surface area contributed by atoms with Crippen molar-refractivity contribution in [2.75, 3.05) is 0 Å². The number of rotatable bonds is 17. The van der Waals surface area contributed by atoms with E-state index in [-0.39, 0.29) is 10.8 Å². The number of aryl methyl sites for hydroxylation is 1. The first-order valence-corrected chi connectivity index (χ1v) is 20.3. The van der Waals surface area contributed by atoms with Crippen LogP contribution in [0.2, 0.25) is 0 Å². The summed E-state index contributed by atoms with van der Waals surface area (Å²) < 4.78 is 0. The predicted molar refractivity (Wildman–Crippen MR) is 220 cm³/mol. The molecule has 0 bridgehead atoms. The van der Waals surface area contributed by atoms with Crippen molar-refractivity contribution in [2.45, 2.75) is 142 Å². The standard InChI is InChI=1S/C48H60N4/c1-7-9-11-13-15-19-31-48(32-20-16-14-12-10-8-2)42-22-18-17-21-40(42)41-29-25-37(33-43(41)48)44-30-26-38(34-49-44)46-51-35(3)50-45(52-46)36-23-27-39(28-24-36)47(4,5)6/h17-18,21-30,33-34H,7-16,19-20,31-32H2,1-6H3. The van der Waals surface area contributed by atoms with Gasteiger partial charge in [0.1, 0.15) is 5.82 Å². The zero-order valence-electron chi connectivity index (χ0n) is 32.8. The Balaban J connectivity index is 1.29. The molecule has 0 unspecified atom stereocenters. The van der Waals surface area contributed by atoms with Crippen LogP contribution in [0.4, 0.5) is 0 Å². The van der Waals surface area contributed by atoms with Gasteiger partial charge in [0.25, 0.3) is 0 Å². The monoisotopic (exact) mass is 692 g/mol. The molecule has 1 aliphatic carbocycles. The van der Waals surface area contributed by atoms with Gasteiger partial charge in [-0.3, -0.25) is 4.98 Å². The molecule has 1 aliphatic rings. The third kappa shape index (κ3) is 8.54. The highest BCUT2D eigenvalue weighted by Crippen LogP contribution is 2.55. The lowest BCUT2D eigenvalue weighted by molar-refractivity contribution is 0.398. The number of unbranched alkanes of at least 4 members (excludes halogenated alkanes) is 10. The van der Waals surface area contributed by atoms with E-state index >= 15 is 0 Å². The van der Waals surface area contributed by atoms with Gasteiger partial charge in [0.15, 0.2) is 11.6 Å². The summed E-state index contributed by atoms with van der Waals surface area (Å²) in [5.74, 6) is 2.05. The van der Waals surface area contributed by atoms with Gasteiger partial charge in [-0.15, -0.1) is 0 Å². The Morgan fingerprint density at radius 1 is 0.538 bits per heavy atom. The van der Waals surface area contributed by atoms with Crippen LogP contribution < -0.4 is 0 Å². The van der Waals surface area contributed by atoms with E-state index in [4.69, 9.17) is 15.0 Å². The summed E-state index contributed by atoms with van der Waals surface area (Å²) >= 11 is 0. The third-order valence-corrected chi connectivity index (χ3v) is 11.3. The molecule has 272 valence electrons. The topological polar surface area (TPSA) is 51.6 Å². The normalized spacial score (nSPS) is 13.3. The molecular formula is C48H60N4. The van der Waals surface area contributed by atoms with E-state index in [0.717, 1.165) is 16.8 Å². The fourth-order valence-electron chi connectivity index (χ4n) is 8.25. The lowest BCUT2D eigenvalue weighted by atomic mass is 9.70. The van der Waals surface area contributed by atoms with Crippen LogP contribution in [0.3, 0.4) is 0 Å². The Labute approximate surface area is 314 Å². The SMILES string of the molecule is CCCCCCCCC1(CCCCCCCC)c2ccccc2-c2ccc(-c3ccc(-c4nc(C)nc(-c5ccc(C(C)(C)C)cc5)n4)cn3)cc21. The Morgan fingerprint density at radius 2 is 1.10 bits per heavy atom. The molecule has 6 rings (SSSR count). The Bertz CT molecular complexity index is 1880. The van der Waals surface area contributed by atoms with Crippen LogP contribution in [0, 0.1) is 6.92 Å². The average Bonchev–Trinajstić information content (AvgIpc) is 3.43. The van der Waals surface area contributed by atoms with E-state index in [0.29, 0.717) is 17.5 Å². The first-order valence-electron chi connectivity index (χ1n) is 20.3. The summed E-state index contributed by atoms with van der Waals surface area (Å²) in [5.41, 5.74) is 11.4. The second-order valence-corrected chi connectivity index (χ2v) is 16.2. The minimum atomic E-state index is 0.0568. The van der Waals surface area contributed by atoms with Crippen molar-refractivity contribution >= 4 is 0 Å². The van der Waals surface area contributed by atoms with Gasteiger partial charge >= 0.3 is 0 Å². The summed E-state index contributed by atoms with van der Waals surface area (Å²) in [5, 5.41) is 0. The molecule has 0 saturated heterocycles. The molecule has 0 fully saturated rings. The number of nitrogens with zero attached hydrogens (tertiary/aromatic N) is 4. The molecule has 0 N–H and O–H groups in total. The number of hydrogen-bond acceptors (Lipinski definition) is 4. The lowest BCUT2D eigenvalue weighted by Gasteiger charge is -2.33. The van der Waals surface area contributed by atoms with Gasteiger partial charge in [0, 0.05) is 28.3 Å². The zero-order valence-corrected chi connectivity index (χ0v) is 32.8. The van der Waals surface area contributed by atoms with E-state index in [1.165, 1.54) is 118 Å². The predicted octanol–water partition coefficient (Wildman–Crippen LogP) is 13.6. The molecule has 4 nitrogen and oxygen atoms in total. The van der Waals surface area contributed by atoms with Crippen LogP contribution in [0.15, 0.2) is 85.1 Å². The molecule has 2 aromatic heterocycles. The first kappa shape index (κ1) is 37.6. The molecule has 0 radical (unpaired) electrons. The summed E-state index contributed by atoms with van der Waals surface area (Å²) in [7, 11) is 0. The highest BCUT2D eigenvalue weighted by molar-refractivity contribution is 5.83. The second-order valence-electron chi connectivity index (χ2n) is 16.2. The zero-order chi connectivity index (χ0) is 36.6. The summed E-state index contributed by atoms with van der Waals surface area (Å²) in [6.07, 6.45) is 20.2. The van der Waals surface area contributed by atoms with Crippen molar-refractivity contribution in [3.63, 3.8) is 0 Å². The van der Waals surface area contributed by atoms with Crippen molar-refractivity contribution in [3.8, 4) is 45.2 Å². The number of hydrogen-bond donors (Lipinski definition) is 0. The van der Waals surface area contributed by atoms with E-state index in [2.05, 4.69) is 118 Å². The molecule has 2 heterocycles. The van der Waals surface area contributed by atoms with Crippen molar-refractivity contribution in [3.05, 3.63) is 108 Å². The second kappa shape index (κ2) is 17.1. The minimum Gasteiger partial charge on any atom is -0.255 e. The van der Waals surface area contributed by atoms with Crippen LogP contribution in [-0.4, -0.2) is 19.9 Å². The van der Waals surface area contributed by atoms with E-state index in [9.17, 15) is 0 Å². The molecule has 0 amide bonds. The van der Waals surface area contributed by atoms with Crippen molar-refractivity contribution < 1.29 is 0 Å². The van der Waals surface area contributed by atoms with Crippen LogP contribution in [0.1, 0.15) is 147 Å². The molecule has 52 heavy (non-hydrogen) atoms. The molecule has 0 aliphatic heterocycles.